The molecule has 0 heterocycles. The maximum Gasteiger partial charge on any atom is 0.305 e. The van der Waals surface area contributed by atoms with Crippen LogP contribution in [0, 0.1) is 5.92 Å². The summed E-state index contributed by atoms with van der Waals surface area (Å²) in [5.74, 6) is -0.507. The standard InChI is InChI=1S/C10H19NO3.C9H15NO2/c1-8(2)11-9(12)6-4-5-7-10(13)14-3;1-6(2)10-9(12)7-4-3-5-8(7)11/h8H,4-7H2,1-3H3,(H,11,12);6-7H,3-5H2,1-2H3,(H,10,12). The van der Waals surface area contributed by atoms with Crippen molar-refractivity contribution in [2.24, 2.45) is 5.92 Å². The molecular formula is C19H34N2O5. The Kier molecular flexibility index (Phi) is 12.3. The summed E-state index contributed by atoms with van der Waals surface area (Å²) in [5, 5.41) is 5.55. The minimum Gasteiger partial charge on any atom is -0.469 e. The minimum atomic E-state index is -0.354. The average Bonchev–Trinajstić information content (AvgIpc) is 2.97. The highest BCUT2D eigenvalue weighted by atomic mass is 16.5. The highest BCUT2D eigenvalue weighted by molar-refractivity contribution is 6.02. The fourth-order valence-corrected chi connectivity index (χ4v) is 2.53. The van der Waals surface area contributed by atoms with Gasteiger partial charge in [-0.3, -0.25) is 19.2 Å². The second-order valence-electron chi connectivity index (χ2n) is 7.08. The predicted molar refractivity (Wildman–Crippen MR) is 99.4 cm³/mol. The first-order valence-corrected chi connectivity index (χ1v) is 9.36. The van der Waals surface area contributed by atoms with Gasteiger partial charge in [0.05, 0.1) is 13.0 Å². The number of amides is 2. The lowest BCUT2D eigenvalue weighted by Gasteiger charge is -2.11. The predicted octanol–water partition coefficient (Wildman–Crippen LogP) is 2.12. The number of Topliss-reactive ketones (excluding diaryl/α,β-unsaturated/α-hetero) is 1. The number of hydrogen-bond donors (Lipinski definition) is 2. The number of carbonyl (C=O) groups excluding carboxylic acids is 4. The Labute approximate surface area is 156 Å². The molecule has 150 valence electrons. The molecule has 1 atom stereocenters. The van der Waals surface area contributed by atoms with Crippen LogP contribution in [0.25, 0.3) is 0 Å². The van der Waals surface area contributed by atoms with E-state index in [2.05, 4.69) is 15.4 Å². The van der Waals surface area contributed by atoms with E-state index in [1.807, 2.05) is 27.7 Å². The van der Waals surface area contributed by atoms with Crippen molar-refractivity contribution in [3.8, 4) is 0 Å². The van der Waals surface area contributed by atoms with Gasteiger partial charge in [-0.05, 0) is 53.4 Å². The van der Waals surface area contributed by atoms with Crippen molar-refractivity contribution in [3.05, 3.63) is 0 Å². The second kappa shape index (κ2) is 13.3. The number of unbranched alkanes of at least 4 members (excludes halogenated alkanes) is 1. The van der Waals surface area contributed by atoms with Gasteiger partial charge in [0.15, 0.2) is 0 Å². The number of rotatable bonds is 8. The number of hydrogen-bond acceptors (Lipinski definition) is 5. The SMILES string of the molecule is CC(C)NC(=O)C1CCCC1=O.COC(=O)CCCCC(=O)NC(C)C. The van der Waals surface area contributed by atoms with E-state index in [1.54, 1.807) is 0 Å². The molecule has 7 nitrogen and oxygen atoms in total. The zero-order valence-corrected chi connectivity index (χ0v) is 16.7. The van der Waals surface area contributed by atoms with Gasteiger partial charge in [0.2, 0.25) is 11.8 Å². The Bertz CT molecular complexity index is 475. The molecule has 0 aromatic rings. The van der Waals surface area contributed by atoms with Gasteiger partial charge >= 0.3 is 5.97 Å². The van der Waals surface area contributed by atoms with E-state index >= 15 is 0 Å². The van der Waals surface area contributed by atoms with E-state index in [1.165, 1.54) is 7.11 Å². The molecule has 1 rings (SSSR count). The lowest BCUT2D eigenvalue weighted by molar-refractivity contribution is -0.141. The van der Waals surface area contributed by atoms with Gasteiger partial charge in [-0.1, -0.05) is 0 Å². The Balaban J connectivity index is 0.000000485. The van der Waals surface area contributed by atoms with E-state index in [4.69, 9.17) is 0 Å². The van der Waals surface area contributed by atoms with Gasteiger partial charge in [0.25, 0.3) is 0 Å². The minimum absolute atomic E-state index is 0.0462. The summed E-state index contributed by atoms with van der Waals surface area (Å²) in [4.78, 5) is 44.3. The second-order valence-corrected chi connectivity index (χ2v) is 7.08. The molecule has 7 heteroatoms. The van der Waals surface area contributed by atoms with Gasteiger partial charge < -0.3 is 15.4 Å². The topological polar surface area (TPSA) is 102 Å². The number of nitrogens with one attached hydrogen (secondary N) is 2. The van der Waals surface area contributed by atoms with Crippen molar-refractivity contribution >= 4 is 23.6 Å². The van der Waals surface area contributed by atoms with Crippen molar-refractivity contribution in [1.29, 1.82) is 0 Å². The first-order chi connectivity index (χ1) is 12.2. The molecule has 0 radical (unpaired) electrons. The normalized spacial score (nSPS) is 16.1. The molecule has 0 aromatic carbocycles. The van der Waals surface area contributed by atoms with Crippen LogP contribution in [0.1, 0.15) is 72.6 Å². The van der Waals surface area contributed by atoms with E-state index in [0.717, 1.165) is 19.3 Å². The maximum absolute atomic E-state index is 11.3. The molecule has 1 fully saturated rings. The summed E-state index contributed by atoms with van der Waals surface area (Å²) < 4.78 is 4.48. The molecule has 0 spiro atoms. The van der Waals surface area contributed by atoms with E-state index in [-0.39, 0.29) is 41.6 Å². The lowest BCUT2D eigenvalue weighted by atomic mass is 10.1. The number of ketones is 1. The summed E-state index contributed by atoms with van der Waals surface area (Å²) in [6, 6.07) is 0.314. The monoisotopic (exact) mass is 370 g/mol. The van der Waals surface area contributed by atoms with Crippen molar-refractivity contribution in [1.82, 2.24) is 10.6 Å². The Morgan fingerprint density at radius 2 is 1.62 bits per heavy atom. The van der Waals surface area contributed by atoms with Gasteiger partial charge in [-0.15, -0.1) is 0 Å². The van der Waals surface area contributed by atoms with Gasteiger partial charge in [-0.25, -0.2) is 0 Å². The van der Waals surface area contributed by atoms with Crippen molar-refractivity contribution in [3.63, 3.8) is 0 Å². The molecule has 0 saturated heterocycles. The average molecular weight is 370 g/mol. The summed E-state index contributed by atoms with van der Waals surface area (Å²) >= 11 is 0. The van der Waals surface area contributed by atoms with Crippen LogP contribution in [0.4, 0.5) is 0 Å². The molecule has 26 heavy (non-hydrogen) atoms. The van der Waals surface area contributed by atoms with E-state index < -0.39 is 0 Å². The quantitative estimate of drug-likeness (QED) is 0.387. The molecule has 2 amide bonds. The van der Waals surface area contributed by atoms with Crippen LogP contribution < -0.4 is 10.6 Å². The lowest BCUT2D eigenvalue weighted by Crippen LogP contribution is -2.37. The molecular weight excluding hydrogens is 336 g/mol. The fraction of sp³-hybridized carbons (Fsp3) is 0.789. The van der Waals surface area contributed by atoms with Crippen LogP contribution in [-0.2, 0) is 23.9 Å². The Morgan fingerprint density at radius 1 is 1.04 bits per heavy atom. The van der Waals surface area contributed by atoms with Crippen molar-refractivity contribution in [2.45, 2.75) is 84.7 Å². The molecule has 1 aliphatic rings. The van der Waals surface area contributed by atoms with Gasteiger partial charge in [-0.2, -0.15) is 0 Å². The van der Waals surface area contributed by atoms with Crippen LogP contribution in [-0.4, -0.2) is 42.8 Å². The highest BCUT2D eigenvalue weighted by Gasteiger charge is 2.30. The van der Waals surface area contributed by atoms with Crippen molar-refractivity contribution < 1.29 is 23.9 Å². The third-order valence-corrected chi connectivity index (χ3v) is 3.76. The largest absolute Gasteiger partial charge is 0.469 e. The molecule has 1 unspecified atom stereocenters. The van der Waals surface area contributed by atoms with E-state index in [9.17, 15) is 19.2 Å². The first kappa shape index (κ1) is 24.1. The maximum atomic E-state index is 11.3. The molecule has 0 bridgehead atoms. The molecule has 1 saturated carbocycles. The van der Waals surface area contributed by atoms with Crippen LogP contribution in [0.5, 0.6) is 0 Å². The van der Waals surface area contributed by atoms with Crippen LogP contribution in [0.15, 0.2) is 0 Å². The first-order valence-electron chi connectivity index (χ1n) is 9.36. The Hall–Kier alpha value is -1.92. The van der Waals surface area contributed by atoms with Gasteiger partial charge in [0, 0.05) is 31.3 Å². The number of carbonyl (C=O) groups is 4. The summed E-state index contributed by atoms with van der Waals surface area (Å²) in [6.07, 6.45) is 4.50. The number of esters is 1. The smallest absolute Gasteiger partial charge is 0.305 e. The fourth-order valence-electron chi connectivity index (χ4n) is 2.53. The third kappa shape index (κ3) is 11.6. The van der Waals surface area contributed by atoms with Gasteiger partial charge in [0.1, 0.15) is 5.78 Å². The zero-order valence-electron chi connectivity index (χ0n) is 16.7. The van der Waals surface area contributed by atoms with E-state index in [0.29, 0.717) is 25.7 Å². The Morgan fingerprint density at radius 3 is 2.08 bits per heavy atom. The number of methoxy groups -OCH3 is 1. The van der Waals surface area contributed by atoms with Crippen LogP contribution >= 0.6 is 0 Å². The van der Waals surface area contributed by atoms with Crippen molar-refractivity contribution in [2.75, 3.05) is 7.11 Å². The molecule has 0 aliphatic heterocycles. The van der Waals surface area contributed by atoms with Crippen LogP contribution in [0.2, 0.25) is 0 Å². The summed E-state index contributed by atoms with van der Waals surface area (Å²) in [6.45, 7) is 7.65. The summed E-state index contributed by atoms with van der Waals surface area (Å²) in [7, 11) is 1.37. The van der Waals surface area contributed by atoms with Crippen LogP contribution in [0.3, 0.4) is 0 Å². The third-order valence-electron chi connectivity index (χ3n) is 3.76. The molecule has 1 aliphatic carbocycles. The summed E-state index contributed by atoms with van der Waals surface area (Å²) in [5.41, 5.74) is 0. The highest BCUT2D eigenvalue weighted by Crippen LogP contribution is 2.21. The molecule has 2 N–H and O–H groups in total. The molecule has 0 aromatic heterocycles. The number of ether oxygens (including phenoxy) is 1. The zero-order chi connectivity index (χ0) is 20.1.